The summed E-state index contributed by atoms with van der Waals surface area (Å²) in [5.41, 5.74) is 0.707. The number of esters is 1. The maximum Gasteiger partial charge on any atom is 0.321 e. The Morgan fingerprint density at radius 3 is 2.37 bits per heavy atom. The zero-order valence-electron chi connectivity index (χ0n) is 16.9. The highest BCUT2D eigenvalue weighted by molar-refractivity contribution is 7.91. The van der Waals surface area contributed by atoms with E-state index in [1.165, 1.54) is 6.92 Å². The number of sulfone groups is 1. The normalized spacial score (nSPS) is 22.2. The van der Waals surface area contributed by atoms with E-state index >= 15 is 0 Å². The number of nitrogens with one attached hydrogen (secondary N) is 2. The number of hydrogen-bond acceptors (Lipinski definition) is 6. The number of urea groups is 1. The predicted octanol–water partition coefficient (Wildman–Crippen LogP) is 1.17. The largest absolute Gasteiger partial charge is 0.452 e. The van der Waals surface area contributed by atoms with E-state index in [0.717, 1.165) is 0 Å². The Hall–Kier alpha value is -2.62. The van der Waals surface area contributed by atoms with Crippen LogP contribution in [0.2, 0.25) is 0 Å². The number of hydrogen-bond donors (Lipinski definition) is 2. The summed E-state index contributed by atoms with van der Waals surface area (Å²) in [6.45, 7) is 2.30. The summed E-state index contributed by atoms with van der Waals surface area (Å²) in [6.07, 6.45) is 0.283. The van der Waals surface area contributed by atoms with Gasteiger partial charge in [-0.15, -0.1) is 0 Å². The minimum atomic E-state index is -3.10. The first-order valence-corrected chi connectivity index (χ1v) is 11.9. The number of likely N-dealkylation sites (tertiary alicyclic amines) is 1. The molecule has 164 valence electrons. The summed E-state index contributed by atoms with van der Waals surface area (Å²) in [5, 5.41) is 5.45. The van der Waals surface area contributed by atoms with Crippen LogP contribution in [0.3, 0.4) is 0 Å². The van der Waals surface area contributed by atoms with Gasteiger partial charge >= 0.3 is 12.0 Å². The molecule has 0 saturated carbocycles. The molecule has 2 heterocycles. The molecule has 0 aromatic heterocycles. The average Bonchev–Trinajstić information content (AvgIpc) is 3.06. The Balaban J connectivity index is 1.41. The highest BCUT2D eigenvalue weighted by atomic mass is 32.2. The molecule has 0 unspecified atom stereocenters. The van der Waals surface area contributed by atoms with Gasteiger partial charge in [-0.1, -0.05) is 18.2 Å². The Morgan fingerprint density at radius 2 is 1.77 bits per heavy atom. The lowest BCUT2D eigenvalue weighted by Crippen LogP contribution is -2.45. The van der Waals surface area contributed by atoms with Gasteiger partial charge in [0.15, 0.2) is 15.9 Å². The standard InChI is InChI=1S/C20H27N3O6S/c1-14(18(24)21-17-9-12-30(27,28)13-17)29-19(25)15-7-10-23(11-8-15)20(26)22-16-5-3-2-4-6-16/h2-6,14-15,17H,7-13H2,1H3,(H,21,24)(H,22,26)/t14-,17+/m1/s1. The number of nitrogens with zero attached hydrogens (tertiary/aromatic N) is 1. The molecule has 2 aliphatic rings. The van der Waals surface area contributed by atoms with Gasteiger partial charge in [0.05, 0.1) is 17.4 Å². The molecule has 9 nitrogen and oxygen atoms in total. The van der Waals surface area contributed by atoms with Crippen LogP contribution in [0.15, 0.2) is 30.3 Å². The van der Waals surface area contributed by atoms with Crippen molar-refractivity contribution >= 4 is 33.4 Å². The van der Waals surface area contributed by atoms with Crippen LogP contribution in [-0.4, -0.2) is 68.0 Å². The second kappa shape index (κ2) is 9.46. The molecule has 0 spiro atoms. The van der Waals surface area contributed by atoms with Crippen molar-refractivity contribution in [2.24, 2.45) is 5.92 Å². The number of benzene rings is 1. The van der Waals surface area contributed by atoms with Gasteiger partial charge in [0.1, 0.15) is 0 Å². The van der Waals surface area contributed by atoms with Crippen LogP contribution in [0.25, 0.3) is 0 Å². The van der Waals surface area contributed by atoms with Crippen molar-refractivity contribution < 1.29 is 27.5 Å². The summed E-state index contributed by atoms with van der Waals surface area (Å²) < 4.78 is 28.3. The van der Waals surface area contributed by atoms with E-state index in [-0.39, 0.29) is 23.5 Å². The fraction of sp³-hybridized carbons (Fsp3) is 0.550. The van der Waals surface area contributed by atoms with Crippen molar-refractivity contribution in [3.05, 3.63) is 30.3 Å². The van der Waals surface area contributed by atoms with Crippen LogP contribution in [0.4, 0.5) is 10.5 Å². The van der Waals surface area contributed by atoms with E-state index in [4.69, 9.17) is 4.74 Å². The van der Waals surface area contributed by atoms with Crippen LogP contribution >= 0.6 is 0 Å². The Kier molecular flexibility index (Phi) is 6.96. The molecular weight excluding hydrogens is 410 g/mol. The van der Waals surface area contributed by atoms with Gasteiger partial charge in [-0.25, -0.2) is 13.2 Å². The number of amides is 3. The number of ether oxygens (including phenoxy) is 1. The van der Waals surface area contributed by atoms with E-state index in [0.29, 0.717) is 38.0 Å². The Morgan fingerprint density at radius 1 is 1.10 bits per heavy atom. The summed E-state index contributed by atoms with van der Waals surface area (Å²) in [4.78, 5) is 38.6. The van der Waals surface area contributed by atoms with E-state index in [1.54, 1.807) is 17.0 Å². The van der Waals surface area contributed by atoms with E-state index in [2.05, 4.69) is 10.6 Å². The molecule has 2 aliphatic heterocycles. The fourth-order valence-corrected chi connectivity index (χ4v) is 5.27. The topological polar surface area (TPSA) is 122 Å². The second-order valence-electron chi connectivity index (χ2n) is 7.75. The molecule has 3 amide bonds. The Bertz CT molecular complexity index is 881. The molecule has 2 saturated heterocycles. The van der Waals surface area contributed by atoms with Gasteiger partial charge in [0, 0.05) is 24.8 Å². The van der Waals surface area contributed by atoms with Gasteiger partial charge in [0.2, 0.25) is 0 Å². The zero-order valence-corrected chi connectivity index (χ0v) is 17.7. The van der Waals surface area contributed by atoms with Crippen molar-refractivity contribution in [2.75, 3.05) is 29.9 Å². The molecule has 1 aromatic rings. The van der Waals surface area contributed by atoms with Crippen molar-refractivity contribution in [1.29, 1.82) is 0 Å². The quantitative estimate of drug-likeness (QED) is 0.667. The van der Waals surface area contributed by atoms with Crippen molar-refractivity contribution in [2.45, 2.75) is 38.3 Å². The first-order valence-electron chi connectivity index (χ1n) is 10.1. The van der Waals surface area contributed by atoms with Crippen LogP contribution in [0.1, 0.15) is 26.2 Å². The summed E-state index contributed by atoms with van der Waals surface area (Å²) in [5.74, 6) is -1.37. The lowest BCUT2D eigenvalue weighted by atomic mass is 9.97. The van der Waals surface area contributed by atoms with Crippen molar-refractivity contribution in [3.63, 3.8) is 0 Å². The SMILES string of the molecule is C[C@@H](OC(=O)C1CCN(C(=O)Nc2ccccc2)CC1)C(=O)N[C@H]1CCS(=O)(=O)C1. The van der Waals surface area contributed by atoms with Gasteiger partial charge in [-0.3, -0.25) is 9.59 Å². The molecule has 10 heteroatoms. The fourth-order valence-electron chi connectivity index (χ4n) is 3.59. The number of anilines is 1. The first-order chi connectivity index (χ1) is 14.2. The van der Waals surface area contributed by atoms with Crippen molar-refractivity contribution in [3.8, 4) is 0 Å². The third-order valence-corrected chi connectivity index (χ3v) is 7.15. The van der Waals surface area contributed by atoms with E-state index < -0.39 is 33.9 Å². The maximum absolute atomic E-state index is 12.4. The third kappa shape index (κ3) is 5.94. The summed E-state index contributed by atoms with van der Waals surface area (Å²) in [6, 6.07) is 8.48. The van der Waals surface area contributed by atoms with Crippen LogP contribution in [-0.2, 0) is 24.2 Å². The summed E-state index contributed by atoms with van der Waals surface area (Å²) >= 11 is 0. The molecule has 3 rings (SSSR count). The Labute approximate surface area is 176 Å². The molecule has 2 N–H and O–H groups in total. The lowest BCUT2D eigenvalue weighted by Gasteiger charge is -2.31. The molecule has 0 aliphatic carbocycles. The van der Waals surface area contributed by atoms with Gasteiger partial charge in [-0.05, 0) is 38.3 Å². The van der Waals surface area contributed by atoms with Crippen LogP contribution in [0.5, 0.6) is 0 Å². The van der Waals surface area contributed by atoms with Gasteiger partial charge < -0.3 is 20.3 Å². The summed E-state index contributed by atoms with van der Waals surface area (Å²) in [7, 11) is -3.10. The number of carbonyl (C=O) groups excluding carboxylic acids is 3. The van der Waals surface area contributed by atoms with E-state index in [1.807, 2.05) is 18.2 Å². The second-order valence-corrected chi connectivity index (χ2v) is 9.97. The highest BCUT2D eigenvalue weighted by Gasteiger charge is 2.33. The average molecular weight is 438 g/mol. The third-order valence-electron chi connectivity index (χ3n) is 5.38. The van der Waals surface area contributed by atoms with Crippen molar-refractivity contribution in [1.82, 2.24) is 10.2 Å². The first kappa shape index (κ1) is 22.1. The zero-order chi connectivity index (χ0) is 21.7. The van der Waals surface area contributed by atoms with Crippen LogP contribution in [0, 0.1) is 5.92 Å². The molecule has 0 radical (unpaired) electrons. The molecule has 30 heavy (non-hydrogen) atoms. The molecule has 2 atom stereocenters. The maximum atomic E-state index is 12.4. The van der Waals surface area contributed by atoms with Crippen LogP contribution < -0.4 is 10.6 Å². The lowest BCUT2D eigenvalue weighted by molar-refractivity contribution is -0.160. The number of rotatable bonds is 5. The minimum absolute atomic E-state index is 0.0581. The number of carbonyl (C=O) groups is 3. The van der Waals surface area contributed by atoms with Gasteiger partial charge in [-0.2, -0.15) is 0 Å². The van der Waals surface area contributed by atoms with Gasteiger partial charge in [0.25, 0.3) is 5.91 Å². The minimum Gasteiger partial charge on any atom is -0.452 e. The number of piperidine rings is 1. The molecule has 0 bridgehead atoms. The number of para-hydroxylation sites is 1. The predicted molar refractivity (Wildman–Crippen MR) is 111 cm³/mol. The monoisotopic (exact) mass is 437 g/mol. The smallest absolute Gasteiger partial charge is 0.321 e. The molecular formula is C20H27N3O6S. The highest BCUT2D eigenvalue weighted by Crippen LogP contribution is 2.20. The molecule has 1 aromatic carbocycles. The molecule has 2 fully saturated rings. The van der Waals surface area contributed by atoms with E-state index in [9.17, 15) is 22.8 Å².